The number of carbonyl (C=O) groups excluding carboxylic acids is 2. The molecular formula is C23H30N2O3. The van der Waals surface area contributed by atoms with E-state index in [9.17, 15) is 9.59 Å². The zero-order chi connectivity index (χ0) is 20.7. The second-order valence-corrected chi connectivity index (χ2v) is 7.05. The SMILES string of the molecule is CCNC(=O)C(C)N(Cc1ccc(OC)cc1)C(=O)Cc1cc(C)ccc1C. The molecule has 0 heterocycles. The van der Waals surface area contributed by atoms with E-state index in [1.54, 1.807) is 18.9 Å². The average molecular weight is 383 g/mol. The predicted molar refractivity (Wildman–Crippen MR) is 111 cm³/mol. The molecule has 0 aliphatic rings. The van der Waals surface area contributed by atoms with Crippen LogP contribution in [-0.4, -0.2) is 36.4 Å². The molecule has 150 valence electrons. The smallest absolute Gasteiger partial charge is 0.242 e. The highest BCUT2D eigenvalue weighted by atomic mass is 16.5. The summed E-state index contributed by atoms with van der Waals surface area (Å²) in [5, 5.41) is 2.82. The molecule has 0 spiro atoms. The Kier molecular flexibility index (Phi) is 7.61. The lowest BCUT2D eigenvalue weighted by molar-refractivity contribution is -0.140. The maximum Gasteiger partial charge on any atom is 0.242 e. The van der Waals surface area contributed by atoms with Crippen LogP contribution in [0.25, 0.3) is 0 Å². The third-order valence-electron chi connectivity index (χ3n) is 4.88. The Morgan fingerprint density at radius 1 is 1.11 bits per heavy atom. The highest BCUT2D eigenvalue weighted by Gasteiger charge is 2.26. The van der Waals surface area contributed by atoms with Crippen molar-refractivity contribution >= 4 is 11.8 Å². The fourth-order valence-electron chi connectivity index (χ4n) is 3.09. The lowest BCUT2D eigenvalue weighted by Gasteiger charge is -2.29. The van der Waals surface area contributed by atoms with Gasteiger partial charge in [0.2, 0.25) is 11.8 Å². The molecule has 0 bridgehead atoms. The van der Waals surface area contributed by atoms with Gasteiger partial charge in [0.05, 0.1) is 13.5 Å². The Labute approximate surface area is 167 Å². The Morgan fingerprint density at radius 2 is 1.79 bits per heavy atom. The Bertz CT molecular complexity index is 815. The van der Waals surface area contributed by atoms with Gasteiger partial charge in [-0.05, 0) is 56.5 Å². The van der Waals surface area contributed by atoms with Crippen molar-refractivity contribution < 1.29 is 14.3 Å². The predicted octanol–water partition coefficient (Wildman–Crippen LogP) is 3.41. The average Bonchev–Trinajstić information content (AvgIpc) is 2.69. The van der Waals surface area contributed by atoms with E-state index in [1.807, 2.05) is 63.2 Å². The van der Waals surface area contributed by atoms with Crippen molar-refractivity contribution in [3.05, 3.63) is 64.7 Å². The van der Waals surface area contributed by atoms with Gasteiger partial charge >= 0.3 is 0 Å². The Morgan fingerprint density at radius 3 is 2.39 bits per heavy atom. The summed E-state index contributed by atoms with van der Waals surface area (Å²) in [5.41, 5.74) is 4.14. The first-order valence-electron chi connectivity index (χ1n) is 9.62. The van der Waals surface area contributed by atoms with E-state index in [1.165, 1.54) is 0 Å². The van der Waals surface area contributed by atoms with Crippen LogP contribution in [0.2, 0.25) is 0 Å². The number of rotatable bonds is 8. The topological polar surface area (TPSA) is 58.6 Å². The van der Waals surface area contributed by atoms with E-state index in [4.69, 9.17) is 4.74 Å². The van der Waals surface area contributed by atoms with Crippen LogP contribution < -0.4 is 10.1 Å². The van der Waals surface area contributed by atoms with Crippen molar-refractivity contribution in [1.82, 2.24) is 10.2 Å². The van der Waals surface area contributed by atoms with E-state index >= 15 is 0 Å². The van der Waals surface area contributed by atoms with Crippen molar-refractivity contribution in [2.24, 2.45) is 0 Å². The number of hydrogen-bond donors (Lipinski definition) is 1. The van der Waals surface area contributed by atoms with Gasteiger partial charge in [-0.25, -0.2) is 0 Å². The summed E-state index contributed by atoms with van der Waals surface area (Å²) in [4.78, 5) is 27.3. The van der Waals surface area contributed by atoms with Crippen LogP contribution in [0, 0.1) is 13.8 Å². The van der Waals surface area contributed by atoms with Crippen molar-refractivity contribution in [3.63, 3.8) is 0 Å². The monoisotopic (exact) mass is 382 g/mol. The summed E-state index contributed by atoms with van der Waals surface area (Å²) in [6, 6.07) is 13.1. The third kappa shape index (κ3) is 5.59. The molecule has 1 atom stereocenters. The molecule has 28 heavy (non-hydrogen) atoms. The molecular weight excluding hydrogens is 352 g/mol. The molecule has 0 fully saturated rings. The Hall–Kier alpha value is -2.82. The number of amides is 2. The van der Waals surface area contributed by atoms with Gasteiger partial charge in [0.15, 0.2) is 0 Å². The first-order chi connectivity index (χ1) is 13.3. The number of hydrogen-bond acceptors (Lipinski definition) is 3. The Balaban J connectivity index is 2.26. The minimum Gasteiger partial charge on any atom is -0.497 e. The van der Waals surface area contributed by atoms with E-state index in [0.717, 1.165) is 28.0 Å². The van der Waals surface area contributed by atoms with E-state index in [2.05, 4.69) is 5.32 Å². The molecule has 5 nitrogen and oxygen atoms in total. The summed E-state index contributed by atoms with van der Waals surface area (Å²) in [5.74, 6) is 0.544. The second-order valence-electron chi connectivity index (χ2n) is 7.05. The van der Waals surface area contributed by atoms with Crippen LogP contribution >= 0.6 is 0 Å². The zero-order valence-corrected chi connectivity index (χ0v) is 17.4. The van der Waals surface area contributed by atoms with Gasteiger partial charge in [-0.1, -0.05) is 35.9 Å². The van der Waals surface area contributed by atoms with Gasteiger partial charge in [0.1, 0.15) is 11.8 Å². The number of aryl methyl sites for hydroxylation is 2. The summed E-state index contributed by atoms with van der Waals surface area (Å²) in [6.07, 6.45) is 0.271. The number of methoxy groups -OCH3 is 1. The molecule has 5 heteroatoms. The summed E-state index contributed by atoms with van der Waals surface area (Å²) in [6.45, 7) is 8.56. The summed E-state index contributed by atoms with van der Waals surface area (Å²) < 4.78 is 5.20. The number of ether oxygens (including phenoxy) is 1. The summed E-state index contributed by atoms with van der Waals surface area (Å²) >= 11 is 0. The van der Waals surface area contributed by atoms with Crippen LogP contribution in [0.1, 0.15) is 36.1 Å². The quantitative estimate of drug-likeness (QED) is 0.761. The van der Waals surface area contributed by atoms with Gasteiger partial charge in [-0.15, -0.1) is 0 Å². The molecule has 0 aromatic heterocycles. The third-order valence-corrected chi connectivity index (χ3v) is 4.88. The van der Waals surface area contributed by atoms with Gasteiger partial charge < -0.3 is 15.0 Å². The van der Waals surface area contributed by atoms with Crippen LogP contribution in [0.15, 0.2) is 42.5 Å². The summed E-state index contributed by atoms with van der Waals surface area (Å²) in [7, 11) is 1.62. The van der Waals surface area contributed by atoms with Gasteiger partial charge in [-0.3, -0.25) is 9.59 Å². The molecule has 0 aliphatic carbocycles. The first kappa shape index (κ1) is 21.5. The number of carbonyl (C=O) groups is 2. The minimum absolute atomic E-state index is 0.0664. The molecule has 0 aliphatic heterocycles. The van der Waals surface area contributed by atoms with Crippen LogP contribution in [-0.2, 0) is 22.6 Å². The highest BCUT2D eigenvalue weighted by molar-refractivity contribution is 5.88. The van der Waals surface area contributed by atoms with Crippen LogP contribution in [0.5, 0.6) is 5.75 Å². The zero-order valence-electron chi connectivity index (χ0n) is 17.4. The molecule has 0 saturated heterocycles. The molecule has 2 aromatic rings. The molecule has 2 aromatic carbocycles. The normalized spacial score (nSPS) is 11.6. The molecule has 1 N–H and O–H groups in total. The highest BCUT2D eigenvalue weighted by Crippen LogP contribution is 2.18. The number of likely N-dealkylation sites (N-methyl/N-ethyl adjacent to an activating group) is 1. The van der Waals surface area contributed by atoms with E-state index in [0.29, 0.717) is 13.1 Å². The fourth-order valence-corrected chi connectivity index (χ4v) is 3.09. The first-order valence-corrected chi connectivity index (χ1v) is 9.62. The van der Waals surface area contributed by atoms with Crippen LogP contribution in [0.3, 0.4) is 0 Å². The van der Waals surface area contributed by atoms with Gasteiger partial charge in [0, 0.05) is 13.1 Å². The van der Waals surface area contributed by atoms with Crippen molar-refractivity contribution in [3.8, 4) is 5.75 Å². The standard InChI is InChI=1S/C23H30N2O3/c1-6-24-23(27)18(4)25(15-19-9-11-21(28-5)12-10-19)22(26)14-20-13-16(2)7-8-17(20)3/h7-13,18H,6,14-15H2,1-5H3,(H,24,27). The molecule has 0 radical (unpaired) electrons. The minimum atomic E-state index is -0.556. The largest absolute Gasteiger partial charge is 0.497 e. The van der Waals surface area contributed by atoms with Gasteiger partial charge in [-0.2, -0.15) is 0 Å². The van der Waals surface area contributed by atoms with E-state index in [-0.39, 0.29) is 18.2 Å². The fraction of sp³-hybridized carbons (Fsp3) is 0.391. The number of benzene rings is 2. The maximum absolute atomic E-state index is 13.2. The molecule has 2 amide bonds. The maximum atomic E-state index is 13.2. The van der Waals surface area contributed by atoms with Crippen LogP contribution in [0.4, 0.5) is 0 Å². The lowest BCUT2D eigenvalue weighted by Crippen LogP contribution is -2.48. The molecule has 0 saturated carbocycles. The van der Waals surface area contributed by atoms with E-state index < -0.39 is 6.04 Å². The second kappa shape index (κ2) is 9.93. The molecule has 2 rings (SSSR count). The van der Waals surface area contributed by atoms with Crippen molar-refractivity contribution in [1.29, 1.82) is 0 Å². The van der Waals surface area contributed by atoms with Crippen molar-refractivity contribution in [2.75, 3.05) is 13.7 Å². The molecule has 1 unspecified atom stereocenters. The van der Waals surface area contributed by atoms with Gasteiger partial charge in [0.25, 0.3) is 0 Å². The lowest BCUT2D eigenvalue weighted by atomic mass is 10.0. The number of nitrogens with zero attached hydrogens (tertiary/aromatic N) is 1. The van der Waals surface area contributed by atoms with Crippen molar-refractivity contribution in [2.45, 2.75) is 46.7 Å². The number of nitrogens with one attached hydrogen (secondary N) is 1.